The molecule has 0 saturated carbocycles. The van der Waals surface area contributed by atoms with Crippen LogP contribution in [0.1, 0.15) is 0 Å². The summed E-state index contributed by atoms with van der Waals surface area (Å²) in [6.45, 7) is 0. The largest absolute Gasteiger partial charge is 2.00 e. The van der Waals surface area contributed by atoms with E-state index in [4.69, 9.17) is 0 Å². The number of hydrogen-bond donors (Lipinski definition) is 0. The molecule has 0 aromatic heterocycles. The van der Waals surface area contributed by atoms with Crippen LogP contribution < -0.4 is 0 Å². The van der Waals surface area contributed by atoms with Gasteiger partial charge in [-0.05, 0) is 0 Å². The van der Waals surface area contributed by atoms with Crippen LogP contribution in [0.15, 0.2) is 0 Å². The van der Waals surface area contributed by atoms with Gasteiger partial charge >= 0.3 is 108 Å². The van der Waals surface area contributed by atoms with Gasteiger partial charge in [-0.25, -0.2) is 0 Å². The summed E-state index contributed by atoms with van der Waals surface area (Å²) in [5, 5.41) is 0. The summed E-state index contributed by atoms with van der Waals surface area (Å²) in [5.74, 6) is 0. The van der Waals surface area contributed by atoms with Crippen molar-refractivity contribution in [2.24, 2.45) is 0 Å². The summed E-state index contributed by atoms with van der Waals surface area (Å²) >= 11 is 0. The van der Waals surface area contributed by atoms with Crippen molar-refractivity contribution in [2.45, 2.75) is 0 Å². The van der Waals surface area contributed by atoms with Crippen LogP contribution in [-0.4, -0.2) is 91.0 Å². The van der Waals surface area contributed by atoms with Gasteiger partial charge in [0.15, 0.2) is 0 Å². The molecule has 0 aliphatic carbocycles. The Morgan fingerprint density at radius 3 is 0.500 bits per heavy atom. The Labute approximate surface area is 121 Å². The summed E-state index contributed by atoms with van der Waals surface area (Å²) in [6, 6.07) is 0. The fraction of sp³-hybridized carbons (Fsp3) is 0. The predicted molar refractivity (Wildman–Crippen MR) is 13.6 cm³/mol. The fourth-order valence-electron chi connectivity index (χ4n) is 0. The molecule has 3 nitrogen and oxygen atoms in total. The van der Waals surface area contributed by atoms with E-state index in [0.717, 1.165) is 0 Å². The first-order chi connectivity index (χ1) is 0. The van der Waals surface area contributed by atoms with E-state index in [9.17, 15) is 0 Å². The minimum Gasteiger partial charge on any atom is -2.00 e. The maximum Gasteiger partial charge on any atom is 2.00 e. The van der Waals surface area contributed by atoms with Crippen molar-refractivity contribution >= 4 is 91.0 Å². The molecule has 0 aromatic carbocycles. The summed E-state index contributed by atoms with van der Waals surface area (Å²) in [7, 11) is 0. The van der Waals surface area contributed by atoms with Crippen molar-refractivity contribution < 1.29 is 33.2 Å². The first-order valence-electron chi connectivity index (χ1n) is 0. The van der Waals surface area contributed by atoms with Gasteiger partial charge in [-0.2, -0.15) is 0 Å². The smallest absolute Gasteiger partial charge is 2.00 e. The molecule has 0 aliphatic rings. The van der Waals surface area contributed by atoms with Gasteiger partial charge < -0.3 is 16.4 Å². The molecule has 0 atom stereocenters. The van der Waals surface area contributed by atoms with Crippen LogP contribution in [-0.2, 0) is 33.2 Å². The zero-order chi connectivity index (χ0) is 0. The first kappa shape index (κ1) is 58.1. The summed E-state index contributed by atoms with van der Waals surface area (Å²) in [6.07, 6.45) is 0. The average Bonchev–Trinajstić information content (AvgIpc) is 0. The van der Waals surface area contributed by atoms with Gasteiger partial charge in [0, 0.05) is 0 Å². The van der Waals surface area contributed by atoms with Crippen LogP contribution in [0.2, 0.25) is 0 Å². The second-order valence-corrected chi connectivity index (χ2v) is 0. The monoisotopic (exact) mass is 283 g/mol. The van der Waals surface area contributed by atoms with Crippen molar-refractivity contribution in [2.75, 3.05) is 0 Å². The molecule has 6 heavy (non-hydrogen) atoms. The van der Waals surface area contributed by atoms with Gasteiger partial charge in [-0.15, -0.1) is 0 Å². The number of rotatable bonds is 0. The molecule has 0 aliphatic heterocycles. The van der Waals surface area contributed by atoms with Gasteiger partial charge in [-0.3, -0.25) is 0 Å². The summed E-state index contributed by atoms with van der Waals surface area (Å²) < 4.78 is 0. The van der Waals surface area contributed by atoms with Crippen LogP contribution >= 0.6 is 0 Å². The molecule has 0 bridgehead atoms. The van der Waals surface area contributed by atoms with Crippen LogP contribution in [0.5, 0.6) is 0 Å². The second kappa shape index (κ2) is 40.2. The molecule has 0 fully saturated rings. The molecule has 0 heterocycles. The van der Waals surface area contributed by atoms with Gasteiger partial charge in [0.1, 0.15) is 0 Å². The van der Waals surface area contributed by atoms with E-state index in [1.54, 1.807) is 0 Å². The molecular weight excluding hydrogens is 282 g/mol. The quantitative estimate of drug-likeness (QED) is 0.504. The molecule has 0 spiro atoms. The van der Waals surface area contributed by atoms with E-state index in [1.807, 2.05) is 0 Å². The SMILES string of the molecule is [Co+2].[O-2].[O-2].[O-2].[Sr+2].[Sr+2]. The van der Waals surface area contributed by atoms with Crippen molar-refractivity contribution in [3.8, 4) is 0 Å². The Morgan fingerprint density at radius 2 is 0.500 bits per heavy atom. The van der Waals surface area contributed by atoms with Crippen LogP contribution in [0, 0.1) is 0 Å². The minimum absolute atomic E-state index is 0. The van der Waals surface area contributed by atoms with E-state index in [-0.39, 0.29) is 124 Å². The van der Waals surface area contributed by atoms with Crippen LogP contribution in [0.4, 0.5) is 0 Å². The summed E-state index contributed by atoms with van der Waals surface area (Å²) in [5.41, 5.74) is 0. The molecule has 0 N–H and O–H groups in total. The van der Waals surface area contributed by atoms with Gasteiger partial charge in [0.05, 0.1) is 0 Å². The number of hydrogen-bond acceptors (Lipinski definition) is 0. The third-order valence-corrected chi connectivity index (χ3v) is 0. The van der Waals surface area contributed by atoms with Crippen molar-refractivity contribution in [1.82, 2.24) is 0 Å². The Bertz CT molecular complexity index is 8.75. The van der Waals surface area contributed by atoms with Crippen molar-refractivity contribution in [3.63, 3.8) is 0 Å². The molecule has 0 rings (SSSR count). The molecular formula is CoO3Sr2. The maximum atomic E-state index is 0. The van der Waals surface area contributed by atoms with E-state index >= 15 is 0 Å². The van der Waals surface area contributed by atoms with Crippen LogP contribution in [0.25, 0.3) is 0 Å². The van der Waals surface area contributed by atoms with E-state index in [0.29, 0.717) is 0 Å². The Kier molecular flexibility index (Phi) is 390. The van der Waals surface area contributed by atoms with E-state index < -0.39 is 0 Å². The zero-order valence-electron chi connectivity index (χ0n) is 2.97. The Hall–Kier alpha value is 3.35. The van der Waals surface area contributed by atoms with Gasteiger partial charge in [-0.1, -0.05) is 0 Å². The topological polar surface area (TPSA) is 85.5 Å². The second-order valence-electron chi connectivity index (χ2n) is 0. The zero-order valence-corrected chi connectivity index (χ0v) is 11.0. The molecule has 6 heteroatoms. The predicted octanol–water partition coefficient (Wildman–Crippen LogP) is -1.12. The molecule has 31 valence electrons. The van der Waals surface area contributed by atoms with E-state index in [2.05, 4.69) is 0 Å². The Balaban J connectivity index is 0. The minimum atomic E-state index is 0. The molecule has 0 unspecified atom stereocenters. The third kappa shape index (κ3) is 26.4. The van der Waals surface area contributed by atoms with E-state index in [1.165, 1.54) is 0 Å². The van der Waals surface area contributed by atoms with Crippen LogP contribution in [0.3, 0.4) is 0 Å². The molecule has 0 amide bonds. The summed E-state index contributed by atoms with van der Waals surface area (Å²) in [4.78, 5) is 0. The van der Waals surface area contributed by atoms with Crippen molar-refractivity contribution in [1.29, 1.82) is 0 Å². The normalized spacial score (nSPS) is 0. The fourth-order valence-corrected chi connectivity index (χ4v) is 0. The Morgan fingerprint density at radius 1 is 0.500 bits per heavy atom. The van der Waals surface area contributed by atoms with Gasteiger partial charge in [0.2, 0.25) is 0 Å². The molecule has 1 radical (unpaired) electrons. The standard InChI is InChI=1S/Co.3O.2Sr/q+2;3*-2;2*+2. The van der Waals surface area contributed by atoms with Crippen molar-refractivity contribution in [3.05, 3.63) is 0 Å². The van der Waals surface area contributed by atoms with Gasteiger partial charge in [0.25, 0.3) is 0 Å². The maximum absolute atomic E-state index is 0. The molecule has 0 aromatic rings. The third-order valence-electron chi connectivity index (χ3n) is 0. The average molecular weight is 282 g/mol. The first-order valence-corrected chi connectivity index (χ1v) is 0. The molecule has 0 saturated heterocycles.